The van der Waals surface area contributed by atoms with E-state index in [1.54, 1.807) is 6.92 Å². The number of rotatable bonds is 7. The number of oxime groups is 1. The van der Waals surface area contributed by atoms with Crippen molar-refractivity contribution in [2.45, 2.75) is 30.9 Å². The van der Waals surface area contributed by atoms with E-state index in [1.807, 2.05) is 24.3 Å². The molecule has 1 aromatic rings. The smallest absolute Gasteiger partial charge is 0.269 e. The average Bonchev–Trinajstić information content (AvgIpc) is 2.95. The van der Waals surface area contributed by atoms with Crippen LogP contribution in [-0.4, -0.2) is 38.1 Å². The van der Waals surface area contributed by atoms with Crippen molar-refractivity contribution < 1.29 is 22.4 Å². The van der Waals surface area contributed by atoms with Crippen molar-refractivity contribution in [1.29, 1.82) is 0 Å². The predicted octanol–water partition coefficient (Wildman–Crippen LogP) is 3.59. The van der Waals surface area contributed by atoms with E-state index < -0.39 is 33.1 Å². The van der Waals surface area contributed by atoms with Crippen molar-refractivity contribution in [3.63, 3.8) is 0 Å². The SMILES string of the molecule is C=C(OCC)C(F)(C[C@H]1CC(c2ccc(Br)cc2)=NO1)S(C)(=O)=O. The maximum absolute atomic E-state index is 15.2. The first-order valence-corrected chi connectivity index (χ1v) is 10.0. The number of ether oxygens (including phenoxy) is 1. The van der Waals surface area contributed by atoms with Gasteiger partial charge in [-0.1, -0.05) is 39.8 Å². The molecular weight excluding hydrogens is 401 g/mol. The lowest BCUT2D eigenvalue weighted by Crippen LogP contribution is -2.39. The van der Waals surface area contributed by atoms with Gasteiger partial charge in [-0.15, -0.1) is 0 Å². The Kier molecular flexibility index (Phi) is 5.70. The number of hydrogen-bond acceptors (Lipinski definition) is 5. The topological polar surface area (TPSA) is 65.0 Å². The zero-order valence-electron chi connectivity index (χ0n) is 13.5. The van der Waals surface area contributed by atoms with Gasteiger partial charge in [0.2, 0.25) is 0 Å². The second-order valence-corrected chi connectivity index (χ2v) is 8.64. The van der Waals surface area contributed by atoms with Gasteiger partial charge in [-0.2, -0.15) is 0 Å². The molecule has 0 aliphatic carbocycles. The maximum Gasteiger partial charge on any atom is 0.269 e. The van der Waals surface area contributed by atoms with Crippen LogP contribution < -0.4 is 0 Å². The molecule has 1 unspecified atom stereocenters. The lowest BCUT2D eigenvalue weighted by atomic mass is 10.0. The number of sulfone groups is 1. The van der Waals surface area contributed by atoms with Crippen molar-refractivity contribution >= 4 is 31.5 Å². The van der Waals surface area contributed by atoms with E-state index in [0.717, 1.165) is 16.3 Å². The molecule has 0 spiro atoms. The van der Waals surface area contributed by atoms with Gasteiger partial charge in [-0.25, -0.2) is 12.8 Å². The average molecular weight is 420 g/mol. The van der Waals surface area contributed by atoms with E-state index >= 15 is 4.39 Å². The molecule has 132 valence electrons. The summed E-state index contributed by atoms with van der Waals surface area (Å²) < 4.78 is 45.0. The van der Waals surface area contributed by atoms with Crippen molar-refractivity contribution in [2.24, 2.45) is 5.16 Å². The monoisotopic (exact) mass is 419 g/mol. The first-order valence-electron chi connectivity index (χ1n) is 7.36. The van der Waals surface area contributed by atoms with E-state index in [1.165, 1.54) is 0 Å². The molecule has 2 atom stereocenters. The summed E-state index contributed by atoms with van der Waals surface area (Å²) in [6.45, 7) is 5.20. The van der Waals surface area contributed by atoms with Gasteiger partial charge in [0.25, 0.3) is 5.00 Å². The fourth-order valence-corrected chi connectivity index (χ4v) is 3.62. The minimum Gasteiger partial charge on any atom is -0.494 e. The Morgan fingerprint density at radius 2 is 2.12 bits per heavy atom. The van der Waals surface area contributed by atoms with Crippen molar-refractivity contribution in [3.05, 3.63) is 46.6 Å². The van der Waals surface area contributed by atoms with E-state index in [9.17, 15) is 8.42 Å². The lowest BCUT2D eigenvalue weighted by molar-refractivity contribution is 0.0403. The zero-order valence-corrected chi connectivity index (χ0v) is 15.9. The van der Waals surface area contributed by atoms with Crippen LogP contribution in [0.4, 0.5) is 4.39 Å². The fraction of sp³-hybridized carbons (Fsp3) is 0.438. The molecule has 1 heterocycles. The third kappa shape index (κ3) is 3.97. The van der Waals surface area contributed by atoms with Crippen LogP contribution in [0.5, 0.6) is 0 Å². The highest BCUT2D eigenvalue weighted by Gasteiger charge is 2.49. The summed E-state index contributed by atoms with van der Waals surface area (Å²) in [7, 11) is -4.09. The molecule has 1 aliphatic heterocycles. The third-order valence-corrected chi connectivity index (χ3v) is 5.82. The van der Waals surface area contributed by atoms with Gasteiger partial charge in [0.05, 0.1) is 12.3 Å². The standard InChI is InChI=1S/C16H19BrFNO4S/c1-4-22-11(2)16(18,24(3,20)21)10-14-9-15(19-23-14)12-5-7-13(17)8-6-12/h5-8,14H,2,4,9-10H2,1,3H3/t14-,16?/m1/s1. The molecule has 0 amide bonds. The van der Waals surface area contributed by atoms with Gasteiger partial charge in [-0.3, -0.25) is 0 Å². The summed E-state index contributed by atoms with van der Waals surface area (Å²) in [4.78, 5) is 5.24. The molecule has 0 saturated carbocycles. The molecule has 0 saturated heterocycles. The maximum atomic E-state index is 15.2. The minimum atomic E-state index is -4.09. The summed E-state index contributed by atoms with van der Waals surface area (Å²) in [5.41, 5.74) is 1.48. The molecule has 2 rings (SSSR count). The molecule has 0 fully saturated rings. The van der Waals surface area contributed by atoms with Crippen LogP contribution in [0.25, 0.3) is 0 Å². The Hall–Kier alpha value is -1.41. The van der Waals surface area contributed by atoms with Crippen LogP contribution >= 0.6 is 15.9 Å². The quantitative estimate of drug-likeness (QED) is 0.633. The molecule has 8 heteroatoms. The number of benzene rings is 1. The third-order valence-electron chi connectivity index (χ3n) is 3.72. The van der Waals surface area contributed by atoms with Gasteiger partial charge in [0.15, 0.2) is 9.84 Å². The van der Waals surface area contributed by atoms with Crippen molar-refractivity contribution in [2.75, 3.05) is 12.9 Å². The highest BCUT2D eigenvalue weighted by molar-refractivity contribution is 9.10. The van der Waals surface area contributed by atoms with Crippen molar-refractivity contribution in [3.8, 4) is 0 Å². The Labute approximate surface area is 149 Å². The van der Waals surface area contributed by atoms with Gasteiger partial charge >= 0.3 is 0 Å². The second-order valence-electron chi connectivity index (χ2n) is 5.54. The molecule has 1 aromatic carbocycles. The lowest BCUT2D eigenvalue weighted by Gasteiger charge is -2.27. The first kappa shape index (κ1) is 18.9. The second kappa shape index (κ2) is 7.23. The molecular formula is C16H19BrFNO4S. The largest absolute Gasteiger partial charge is 0.494 e. The number of halogens is 2. The van der Waals surface area contributed by atoms with Crippen LogP contribution in [-0.2, 0) is 19.4 Å². The molecule has 0 radical (unpaired) electrons. The summed E-state index contributed by atoms with van der Waals surface area (Å²) in [5.74, 6) is -0.423. The van der Waals surface area contributed by atoms with Crippen LogP contribution in [0.15, 0.2) is 46.2 Å². The molecule has 0 N–H and O–H groups in total. The Morgan fingerprint density at radius 1 is 1.50 bits per heavy atom. The van der Waals surface area contributed by atoms with Crippen LogP contribution in [0.3, 0.4) is 0 Å². The van der Waals surface area contributed by atoms with E-state index in [-0.39, 0.29) is 6.61 Å². The summed E-state index contributed by atoms with van der Waals surface area (Å²) in [5, 5.41) is 1.25. The molecule has 1 aliphatic rings. The molecule has 0 aromatic heterocycles. The molecule has 5 nitrogen and oxygen atoms in total. The predicted molar refractivity (Wildman–Crippen MR) is 94.2 cm³/mol. The molecule has 0 bridgehead atoms. The van der Waals surface area contributed by atoms with Gasteiger partial charge in [0, 0.05) is 23.6 Å². The van der Waals surface area contributed by atoms with Gasteiger partial charge < -0.3 is 9.57 Å². The first-order chi connectivity index (χ1) is 11.2. The van der Waals surface area contributed by atoms with Crippen molar-refractivity contribution in [1.82, 2.24) is 0 Å². The number of nitrogens with zero attached hydrogens (tertiary/aromatic N) is 1. The van der Waals surface area contributed by atoms with E-state index in [0.29, 0.717) is 12.1 Å². The fourth-order valence-electron chi connectivity index (χ4n) is 2.40. The zero-order chi connectivity index (χ0) is 18.0. The van der Waals surface area contributed by atoms with E-state index in [2.05, 4.69) is 27.7 Å². The van der Waals surface area contributed by atoms with Gasteiger partial charge in [-0.05, 0) is 24.6 Å². The number of hydrogen-bond donors (Lipinski definition) is 0. The summed E-state index contributed by atoms with van der Waals surface area (Å²) in [6.07, 6.45) is -0.000393. The molecule has 24 heavy (non-hydrogen) atoms. The highest BCUT2D eigenvalue weighted by atomic mass is 79.9. The van der Waals surface area contributed by atoms with Gasteiger partial charge in [0.1, 0.15) is 11.9 Å². The summed E-state index contributed by atoms with van der Waals surface area (Å²) >= 11 is 3.35. The van der Waals surface area contributed by atoms with Crippen LogP contribution in [0, 0.1) is 0 Å². The van der Waals surface area contributed by atoms with Crippen LogP contribution in [0.1, 0.15) is 25.3 Å². The van der Waals surface area contributed by atoms with E-state index in [4.69, 9.17) is 9.57 Å². The highest BCUT2D eigenvalue weighted by Crippen LogP contribution is 2.36. The number of alkyl halides is 1. The Balaban J connectivity index is 2.13. The normalized spacial score (nSPS) is 20.0. The Morgan fingerprint density at radius 3 is 2.67 bits per heavy atom. The van der Waals surface area contributed by atoms with Crippen LogP contribution in [0.2, 0.25) is 0 Å². The minimum absolute atomic E-state index is 0.131. The Bertz CT molecular complexity index is 748. The summed E-state index contributed by atoms with van der Waals surface area (Å²) in [6, 6.07) is 7.43.